The fourth-order valence-electron chi connectivity index (χ4n) is 1.62. The second kappa shape index (κ2) is 6.59. The zero-order chi connectivity index (χ0) is 16.3. The van der Waals surface area contributed by atoms with Crippen molar-refractivity contribution in [1.29, 1.82) is 0 Å². The van der Waals surface area contributed by atoms with Crippen LogP contribution < -0.4 is 4.72 Å². The van der Waals surface area contributed by atoms with Crippen molar-refractivity contribution in [2.24, 2.45) is 0 Å². The molecule has 0 saturated heterocycles. The van der Waals surface area contributed by atoms with E-state index >= 15 is 0 Å². The monoisotopic (exact) mass is 361 g/mol. The van der Waals surface area contributed by atoms with Gasteiger partial charge in [-0.1, -0.05) is 17.7 Å². The zero-order valence-corrected chi connectivity index (χ0v) is 14.0. The van der Waals surface area contributed by atoms with Crippen molar-refractivity contribution in [2.75, 3.05) is 11.8 Å². The first-order chi connectivity index (χ1) is 10.3. The van der Waals surface area contributed by atoms with E-state index in [-0.39, 0.29) is 22.3 Å². The first kappa shape index (κ1) is 16.7. The van der Waals surface area contributed by atoms with Gasteiger partial charge in [-0.25, -0.2) is 13.4 Å². The summed E-state index contributed by atoms with van der Waals surface area (Å²) in [4.78, 5) is 15.1. The SMILES string of the molecule is COC(=O)Cc1nsc(NS(=O)(=O)c2cccc(Cl)c2C)n1. The van der Waals surface area contributed by atoms with Crippen molar-refractivity contribution in [3.63, 3.8) is 0 Å². The van der Waals surface area contributed by atoms with Gasteiger partial charge in [0.15, 0.2) is 5.82 Å². The number of nitrogens with one attached hydrogen (secondary N) is 1. The molecule has 10 heteroatoms. The number of methoxy groups -OCH3 is 1. The number of hydrogen-bond acceptors (Lipinski definition) is 7. The fourth-order valence-corrected chi connectivity index (χ4v) is 3.93. The van der Waals surface area contributed by atoms with Gasteiger partial charge in [-0.05, 0) is 24.6 Å². The smallest absolute Gasteiger partial charge is 0.313 e. The van der Waals surface area contributed by atoms with Crippen molar-refractivity contribution in [2.45, 2.75) is 18.2 Å². The first-order valence-electron chi connectivity index (χ1n) is 6.01. The van der Waals surface area contributed by atoms with E-state index in [1.54, 1.807) is 19.1 Å². The van der Waals surface area contributed by atoms with Gasteiger partial charge in [0.05, 0.1) is 12.0 Å². The molecule has 0 aliphatic heterocycles. The average Bonchev–Trinajstić information content (AvgIpc) is 2.87. The quantitative estimate of drug-likeness (QED) is 0.818. The number of rotatable bonds is 5. The first-order valence-corrected chi connectivity index (χ1v) is 8.64. The molecule has 0 aliphatic carbocycles. The third kappa shape index (κ3) is 3.73. The maximum atomic E-state index is 12.3. The normalized spacial score (nSPS) is 11.2. The van der Waals surface area contributed by atoms with Crippen molar-refractivity contribution in [3.05, 3.63) is 34.6 Å². The Morgan fingerprint density at radius 2 is 2.18 bits per heavy atom. The highest BCUT2D eigenvalue weighted by Crippen LogP contribution is 2.25. The molecule has 0 fully saturated rings. The summed E-state index contributed by atoms with van der Waals surface area (Å²) in [5.41, 5.74) is 0.441. The summed E-state index contributed by atoms with van der Waals surface area (Å²) in [6, 6.07) is 4.60. The predicted octanol–water partition coefficient (Wildman–Crippen LogP) is 2.02. The predicted molar refractivity (Wildman–Crippen MR) is 82.6 cm³/mol. The van der Waals surface area contributed by atoms with Crippen molar-refractivity contribution < 1.29 is 17.9 Å². The van der Waals surface area contributed by atoms with E-state index < -0.39 is 16.0 Å². The van der Waals surface area contributed by atoms with Crippen molar-refractivity contribution in [3.8, 4) is 0 Å². The Balaban J connectivity index is 2.22. The number of carbonyl (C=O) groups is 1. The molecule has 0 spiro atoms. The van der Waals surface area contributed by atoms with Gasteiger partial charge in [-0.3, -0.25) is 9.52 Å². The molecule has 0 amide bonds. The number of esters is 1. The summed E-state index contributed by atoms with van der Waals surface area (Å²) in [6.45, 7) is 1.61. The molecule has 0 bridgehead atoms. The molecule has 0 saturated carbocycles. The van der Waals surface area contributed by atoms with Crippen LogP contribution in [0.3, 0.4) is 0 Å². The molecule has 0 unspecified atom stereocenters. The second-order valence-electron chi connectivity index (χ2n) is 4.24. The lowest BCUT2D eigenvalue weighted by Gasteiger charge is -2.08. The van der Waals surface area contributed by atoms with Gasteiger partial charge in [-0.2, -0.15) is 4.37 Å². The Morgan fingerprint density at radius 3 is 2.86 bits per heavy atom. The van der Waals surface area contributed by atoms with Crippen LogP contribution in [0.15, 0.2) is 23.1 Å². The maximum Gasteiger partial charge on any atom is 0.313 e. The number of carbonyl (C=O) groups excluding carboxylic acids is 1. The third-order valence-electron chi connectivity index (χ3n) is 2.73. The topological polar surface area (TPSA) is 98.2 Å². The van der Waals surface area contributed by atoms with Crippen molar-refractivity contribution in [1.82, 2.24) is 9.36 Å². The summed E-state index contributed by atoms with van der Waals surface area (Å²) in [5, 5.41) is 0.421. The van der Waals surface area contributed by atoms with E-state index in [0.717, 1.165) is 11.5 Å². The van der Waals surface area contributed by atoms with Gasteiger partial charge in [0.25, 0.3) is 10.0 Å². The minimum absolute atomic E-state index is 0.0599. The van der Waals surface area contributed by atoms with Gasteiger partial charge < -0.3 is 4.74 Å². The van der Waals surface area contributed by atoms with Gasteiger partial charge in [-0.15, -0.1) is 0 Å². The standard InChI is InChI=1S/C12H12ClN3O4S2/c1-7-8(13)4-3-5-9(7)22(18,19)16-12-14-10(15-21-12)6-11(17)20-2/h3-5H,6H2,1-2H3,(H,14,15,16). The number of sulfonamides is 1. The van der Waals surface area contributed by atoms with E-state index in [0.29, 0.717) is 10.6 Å². The highest BCUT2D eigenvalue weighted by atomic mass is 35.5. The van der Waals surface area contributed by atoms with E-state index in [2.05, 4.69) is 18.8 Å². The van der Waals surface area contributed by atoms with E-state index in [9.17, 15) is 13.2 Å². The number of benzene rings is 1. The summed E-state index contributed by atoms with van der Waals surface area (Å²) in [6.07, 6.45) is -0.120. The summed E-state index contributed by atoms with van der Waals surface area (Å²) < 4.78 is 35.4. The molecule has 0 atom stereocenters. The molecule has 2 rings (SSSR count). The number of nitrogens with zero attached hydrogens (tertiary/aromatic N) is 2. The molecule has 0 radical (unpaired) electrons. The van der Waals surface area contributed by atoms with Crippen LogP contribution in [0.5, 0.6) is 0 Å². The second-order valence-corrected chi connectivity index (χ2v) is 7.05. The van der Waals surface area contributed by atoms with Crippen LogP contribution in [0.1, 0.15) is 11.4 Å². The minimum Gasteiger partial charge on any atom is -0.469 e. The van der Waals surface area contributed by atoms with E-state index in [1.165, 1.54) is 13.2 Å². The van der Waals surface area contributed by atoms with Crippen LogP contribution in [0.2, 0.25) is 5.02 Å². The Kier molecular flexibility index (Phi) is 4.99. The molecule has 1 heterocycles. The summed E-state index contributed by atoms with van der Waals surface area (Å²) in [7, 11) is -2.58. The highest BCUT2D eigenvalue weighted by molar-refractivity contribution is 7.93. The number of ether oxygens (including phenoxy) is 1. The Hall–Kier alpha value is -1.71. The van der Waals surface area contributed by atoms with Crippen LogP contribution in [-0.4, -0.2) is 30.9 Å². The van der Waals surface area contributed by atoms with Crippen LogP contribution in [0.25, 0.3) is 0 Å². The summed E-state index contributed by atoms with van der Waals surface area (Å²) in [5.74, 6) is -0.310. The maximum absolute atomic E-state index is 12.3. The number of hydrogen-bond donors (Lipinski definition) is 1. The Morgan fingerprint density at radius 1 is 1.45 bits per heavy atom. The molecule has 22 heavy (non-hydrogen) atoms. The van der Waals surface area contributed by atoms with Gasteiger partial charge in [0.2, 0.25) is 5.13 Å². The molecule has 1 aromatic carbocycles. The van der Waals surface area contributed by atoms with Crippen LogP contribution in [0.4, 0.5) is 5.13 Å². The molecular weight excluding hydrogens is 350 g/mol. The van der Waals surface area contributed by atoms with Crippen molar-refractivity contribution >= 4 is 44.3 Å². The zero-order valence-electron chi connectivity index (χ0n) is 11.7. The van der Waals surface area contributed by atoms with Gasteiger partial charge >= 0.3 is 5.97 Å². The lowest BCUT2D eigenvalue weighted by molar-refractivity contribution is -0.139. The largest absolute Gasteiger partial charge is 0.469 e. The lowest BCUT2D eigenvalue weighted by atomic mass is 10.2. The molecule has 1 aromatic heterocycles. The molecule has 2 aromatic rings. The summed E-state index contributed by atoms with van der Waals surface area (Å²) >= 11 is 6.77. The number of halogens is 1. The van der Waals surface area contributed by atoms with Gasteiger partial charge in [0, 0.05) is 16.6 Å². The fraction of sp³-hybridized carbons (Fsp3) is 0.250. The Bertz CT molecular complexity index is 804. The minimum atomic E-state index is -3.83. The molecule has 1 N–H and O–H groups in total. The highest BCUT2D eigenvalue weighted by Gasteiger charge is 2.20. The van der Waals surface area contributed by atoms with Crippen LogP contribution in [-0.2, 0) is 26.0 Å². The third-order valence-corrected chi connectivity index (χ3v) is 5.42. The lowest BCUT2D eigenvalue weighted by Crippen LogP contribution is -2.14. The van der Waals surface area contributed by atoms with Crippen LogP contribution in [0, 0.1) is 6.92 Å². The molecule has 7 nitrogen and oxygen atoms in total. The van der Waals surface area contributed by atoms with Crippen LogP contribution >= 0.6 is 23.1 Å². The molecule has 118 valence electrons. The van der Waals surface area contributed by atoms with E-state index in [1.807, 2.05) is 0 Å². The molecule has 0 aliphatic rings. The van der Waals surface area contributed by atoms with Gasteiger partial charge in [0.1, 0.15) is 6.42 Å². The Labute approximate surface area is 136 Å². The average molecular weight is 362 g/mol. The number of anilines is 1. The number of aromatic nitrogens is 2. The van der Waals surface area contributed by atoms with E-state index in [4.69, 9.17) is 11.6 Å². The molecular formula is C12H12ClN3O4S2.